The van der Waals surface area contributed by atoms with E-state index in [1.807, 2.05) is 30.3 Å². The van der Waals surface area contributed by atoms with Crippen LogP contribution in [0.5, 0.6) is 0 Å². The second-order valence-corrected chi connectivity index (χ2v) is 8.96. The molecule has 0 unspecified atom stereocenters. The number of nitrogens with one attached hydrogen (secondary N) is 1. The summed E-state index contributed by atoms with van der Waals surface area (Å²) < 4.78 is 26.9. The summed E-state index contributed by atoms with van der Waals surface area (Å²) in [5.74, 6) is 0.519. The van der Waals surface area contributed by atoms with Gasteiger partial charge in [-0.05, 0) is 42.5 Å². The Morgan fingerprint density at radius 3 is 2.58 bits per heavy atom. The highest BCUT2D eigenvalue weighted by atomic mass is 32.2. The van der Waals surface area contributed by atoms with Gasteiger partial charge in [-0.15, -0.1) is 0 Å². The third-order valence-electron chi connectivity index (χ3n) is 5.18. The number of pyridine rings is 1. The van der Waals surface area contributed by atoms with E-state index in [4.69, 9.17) is 0 Å². The molecule has 3 heterocycles. The summed E-state index contributed by atoms with van der Waals surface area (Å²) in [5.41, 5.74) is 3.19. The highest BCUT2D eigenvalue weighted by Crippen LogP contribution is 2.30. The van der Waals surface area contributed by atoms with Gasteiger partial charge in [0.1, 0.15) is 0 Å². The van der Waals surface area contributed by atoms with Crippen molar-refractivity contribution in [2.24, 2.45) is 0 Å². The number of aryl methyl sites for hydroxylation is 1. The van der Waals surface area contributed by atoms with Crippen molar-refractivity contribution < 1.29 is 8.42 Å². The molecular formula is C20H23N3O2S. The first kappa shape index (κ1) is 17.2. The summed E-state index contributed by atoms with van der Waals surface area (Å²) in [6.07, 6.45) is 3.88. The summed E-state index contributed by atoms with van der Waals surface area (Å²) >= 11 is 0. The molecule has 1 N–H and O–H groups in total. The molecule has 1 saturated heterocycles. The average molecular weight is 369 g/mol. The van der Waals surface area contributed by atoms with E-state index in [1.54, 1.807) is 10.5 Å². The smallest absolute Gasteiger partial charge is 0.214 e. The molecule has 0 atom stereocenters. The number of para-hydroxylation sites is 1. The summed E-state index contributed by atoms with van der Waals surface area (Å²) in [6, 6.07) is 16.1. The molecule has 3 aromatic rings. The van der Waals surface area contributed by atoms with Crippen LogP contribution in [0.4, 0.5) is 0 Å². The van der Waals surface area contributed by atoms with Gasteiger partial charge in [-0.2, -0.15) is 0 Å². The van der Waals surface area contributed by atoms with Crippen LogP contribution in [-0.4, -0.2) is 41.5 Å². The van der Waals surface area contributed by atoms with E-state index in [2.05, 4.69) is 28.2 Å². The molecule has 0 aliphatic carbocycles. The molecule has 5 nitrogen and oxygen atoms in total. The van der Waals surface area contributed by atoms with Gasteiger partial charge in [0, 0.05) is 48.5 Å². The number of sulfonamides is 1. The number of hydrogen-bond acceptors (Lipinski definition) is 3. The molecule has 1 aliphatic rings. The predicted octanol–water partition coefficient (Wildman–Crippen LogP) is 3.31. The summed E-state index contributed by atoms with van der Waals surface area (Å²) in [7, 11) is -3.23. The van der Waals surface area contributed by atoms with Gasteiger partial charge in [-0.1, -0.05) is 24.3 Å². The van der Waals surface area contributed by atoms with Gasteiger partial charge in [0.25, 0.3) is 0 Å². The van der Waals surface area contributed by atoms with E-state index in [-0.39, 0.29) is 5.75 Å². The molecule has 0 spiro atoms. The molecular weight excluding hydrogens is 346 g/mol. The number of H-pyrrole nitrogens is 1. The van der Waals surface area contributed by atoms with E-state index >= 15 is 0 Å². The lowest BCUT2D eigenvalue weighted by molar-refractivity contribution is 0.317. The van der Waals surface area contributed by atoms with Crippen molar-refractivity contribution in [3.8, 4) is 0 Å². The number of piperidine rings is 1. The zero-order chi connectivity index (χ0) is 18.0. The quantitative estimate of drug-likeness (QED) is 0.750. The fourth-order valence-corrected chi connectivity index (χ4v) is 5.16. The first-order chi connectivity index (χ1) is 12.6. The number of aromatic amines is 1. The normalized spacial score (nSPS) is 16.9. The molecule has 26 heavy (non-hydrogen) atoms. The van der Waals surface area contributed by atoms with Crippen LogP contribution < -0.4 is 0 Å². The maximum atomic E-state index is 12.6. The Bertz CT molecular complexity index is 941. The standard InChI is InChI=1S/C20H23N3O2S/c24-26(25,14-10-18-6-3-4-11-21-18)23-12-8-16(9-13-23)20-15-17-5-1-2-7-19(17)22-20/h1-7,11,15-16,22H,8-10,12-14H2. The zero-order valence-electron chi connectivity index (χ0n) is 14.6. The van der Waals surface area contributed by atoms with E-state index in [1.165, 1.54) is 11.1 Å². The number of benzene rings is 1. The summed E-state index contributed by atoms with van der Waals surface area (Å²) in [6.45, 7) is 1.18. The van der Waals surface area contributed by atoms with Crippen molar-refractivity contribution >= 4 is 20.9 Å². The van der Waals surface area contributed by atoms with Crippen LogP contribution in [-0.2, 0) is 16.4 Å². The van der Waals surface area contributed by atoms with Crippen LogP contribution in [0.1, 0.15) is 30.1 Å². The van der Waals surface area contributed by atoms with Crippen molar-refractivity contribution in [3.63, 3.8) is 0 Å². The number of aromatic nitrogens is 2. The largest absolute Gasteiger partial charge is 0.358 e. The molecule has 1 fully saturated rings. The Morgan fingerprint density at radius 1 is 1.08 bits per heavy atom. The minimum absolute atomic E-state index is 0.126. The van der Waals surface area contributed by atoms with Crippen molar-refractivity contribution in [2.75, 3.05) is 18.8 Å². The molecule has 0 amide bonds. The fourth-order valence-electron chi connectivity index (χ4n) is 3.67. The molecule has 0 radical (unpaired) electrons. The molecule has 1 aromatic carbocycles. The lowest BCUT2D eigenvalue weighted by Gasteiger charge is -2.30. The zero-order valence-corrected chi connectivity index (χ0v) is 15.5. The first-order valence-corrected chi connectivity index (χ1v) is 10.7. The van der Waals surface area contributed by atoms with Crippen molar-refractivity contribution in [1.29, 1.82) is 0 Å². The van der Waals surface area contributed by atoms with Crippen LogP contribution >= 0.6 is 0 Å². The van der Waals surface area contributed by atoms with E-state index in [0.717, 1.165) is 24.1 Å². The minimum Gasteiger partial charge on any atom is -0.358 e. The number of fused-ring (bicyclic) bond motifs is 1. The topological polar surface area (TPSA) is 66.1 Å². The molecule has 0 bridgehead atoms. The SMILES string of the molecule is O=S(=O)(CCc1ccccn1)N1CCC(c2cc3ccccc3[nH]2)CC1. The summed E-state index contributed by atoms with van der Waals surface area (Å²) in [5, 5.41) is 1.22. The minimum atomic E-state index is -3.23. The van der Waals surface area contributed by atoms with Gasteiger partial charge in [0.15, 0.2) is 0 Å². The Hall–Kier alpha value is -2.18. The van der Waals surface area contributed by atoms with Gasteiger partial charge in [-0.25, -0.2) is 12.7 Å². The number of nitrogens with zero attached hydrogens (tertiary/aromatic N) is 2. The monoisotopic (exact) mass is 369 g/mol. The van der Waals surface area contributed by atoms with Crippen molar-refractivity contribution in [1.82, 2.24) is 14.3 Å². The Kier molecular flexibility index (Phi) is 4.78. The van der Waals surface area contributed by atoms with E-state index in [0.29, 0.717) is 25.4 Å². The molecule has 6 heteroatoms. The average Bonchev–Trinajstić information content (AvgIpc) is 3.12. The second kappa shape index (κ2) is 7.21. The maximum absolute atomic E-state index is 12.6. The highest BCUT2D eigenvalue weighted by Gasteiger charge is 2.29. The highest BCUT2D eigenvalue weighted by molar-refractivity contribution is 7.89. The Morgan fingerprint density at radius 2 is 1.85 bits per heavy atom. The lowest BCUT2D eigenvalue weighted by Crippen LogP contribution is -2.39. The molecule has 2 aromatic heterocycles. The van der Waals surface area contributed by atoms with Crippen LogP contribution in [0.15, 0.2) is 54.7 Å². The maximum Gasteiger partial charge on any atom is 0.214 e. The molecule has 0 saturated carbocycles. The third-order valence-corrected chi connectivity index (χ3v) is 7.05. The summed E-state index contributed by atoms with van der Waals surface area (Å²) in [4.78, 5) is 7.70. The van der Waals surface area contributed by atoms with Gasteiger partial charge in [-0.3, -0.25) is 4.98 Å². The van der Waals surface area contributed by atoms with Crippen molar-refractivity contribution in [3.05, 3.63) is 66.1 Å². The van der Waals surface area contributed by atoms with Crippen LogP contribution in [0.25, 0.3) is 10.9 Å². The fraction of sp³-hybridized carbons (Fsp3) is 0.350. The molecule has 136 valence electrons. The number of hydrogen-bond donors (Lipinski definition) is 1. The van der Waals surface area contributed by atoms with Gasteiger partial charge in [0.05, 0.1) is 5.75 Å². The van der Waals surface area contributed by atoms with Crippen molar-refractivity contribution in [2.45, 2.75) is 25.2 Å². The first-order valence-electron chi connectivity index (χ1n) is 9.07. The van der Waals surface area contributed by atoms with Crippen LogP contribution in [0.3, 0.4) is 0 Å². The molecule has 1 aliphatic heterocycles. The Balaban J connectivity index is 1.37. The van der Waals surface area contributed by atoms with Gasteiger partial charge < -0.3 is 4.98 Å². The predicted molar refractivity (Wildman–Crippen MR) is 104 cm³/mol. The van der Waals surface area contributed by atoms with E-state index in [9.17, 15) is 8.42 Å². The molecule has 4 rings (SSSR count). The Labute approximate surface area is 154 Å². The van der Waals surface area contributed by atoms with Gasteiger partial charge in [0.2, 0.25) is 10.0 Å². The van der Waals surface area contributed by atoms with Crippen LogP contribution in [0.2, 0.25) is 0 Å². The third kappa shape index (κ3) is 3.66. The van der Waals surface area contributed by atoms with Crippen LogP contribution in [0, 0.1) is 0 Å². The lowest BCUT2D eigenvalue weighted by atomic mass is 9.95. The second-order valence-electron chi connectivity index (χ2n) is 6.87. The van der Waals surface area contributed by atoms with Gasteiger partial charge >= 0.3 is 0 Å². The number of rotatable bonds is 5. The van der Waals surface area contributed by atoms with E-state index < -0.39 is 10.0 Å².